The van der Waals surface area contributed by atoms with Gasteiger partial charge in [-0.05, 0) is 30.5 Å². The Bertz CT molecular complexity index is 1280. The topological polar surface area (TPSA) is 95.3 Å². The zero-order valence-corrected chi connectivity index (χ0v) is 18.1. The van der Waals surface area contributed by atoms with E-state index in [2.05, 4.69) is 15.3 Å². The maximum atomic E-state index is 12.7. The first-order valence-electron chi connectivity index (χ1n) is 8.94. The zero-order valence-electron chi connectivity index (χ0n) is 16.5. The highest BCUT2D eigenvalue weighted by molar-refractivity contribution is 7.18. The lowest BCUT2D eigenvalue weighted by atomic mass is 10.2. The highest BCUT2D eigenvalue weighted by Gasteiger charge is 2.18. The van der Waals surface area contributed by atoms with Crippen LogP contribution in [0.25, 0.3) is 20.9 Å². The standard InChI is InChI=1S/C20H18N4O4S2/c1-11-21-18-17(15-5-4-8-29-15)23-20(26)24(19(18)30-11)10-16(25)22-12-6-7-13(27-2)14(9-12)28-3/h4-9H,10H2,1-3H3,(H,22,25). The summed E-state index contributed by atoms with van der Waals surface area (Å²) in [6.45, 7) is 1.68. The Morgan fingerprint density at radius 3 is 2.67 bits per heavy atom. The van der Waals surface area contributed by atoms with Crippen molar-refractivity contribution in [1.29, 1.82) is 0 Å². The number of aromatic nitrogens is 3. The molecule has 0 aliphatic carbocycles. The molecule has 0 aliphatic heterocycles. The molecule has 0 bridgehead atoms. The van der Waals surface area contributed by atoms with Gasteiger partial charge in [0.1, 0.15) is 22.6 Å². The number of carbonyl (C=O) groups excluding carboxylic acids is 1. The van der Waals surface area contributed by atoms with Crippen LogP contribution in [-0.2, 0) is 11.3 Å². The third-order valence-electron chi connectivity index (χ3n) is 4.35. The molecule has 4 aromatic rings. The van der Waals surface area contributed by atoms with Crippen LogP contribution in [0.15, 0.2) is 40.5 Å². The molecule has 30 heavy (non-hydrogen) atoms. The molecule has 3 aromatic heterocycles. The average Bonchev–Trinajstić information content (AvgIpc) is 3.39. The zero-order chi connectivity index (χ0) is 21.3. The number of thiophene rings is 1. The average molecular weight is 443 g/mol. The summed E-state index contributed by atoms with van der Waals surface area (Å²) in [5.41, 5.74) is 1.21. The number of thiazole rings is 1. The molecular weight excluding hydrogens is 424 g/mol. The number of ether oxygens (including phenoxy) is 2. The summed E-state index contributed by atoms with van der Waals surface area (Å²) in [4.78, 5) is 35.7. The molecule has 4 rings (SSSR count). The number of benzene rings is 1. The number of nitrogens with one attached hydrogen (secondary N) is 1. The first kappa shape index (κ1) is 20.0. The summed E-state index contributed by atoms with van der Waals surface area (Å²) in [5, 5.41) is 5.50. The van der Waals surface area contributed by atoms with Crippen molar-refractivity contribution < 1.29 is 14.3 Å². The third-order valence-corrected chi connectivity index (χ3v) is 6.22. The fourth-order valence-electron chi connectivity index (χ4n) is 3.03. The van der Waals surface area contributed by atoms with Gasteiger partial charge < -0.3 is 14.8 Å². The number of methoxy groups -OCH3 is 2. The van der Waals surface area contributed by atoms with Gasteiger partial charge in [0.2, 0.25) is 5.91 Å². The fourth-order valence-corrected chi connectivity index (χ4v) is 4.66. The van der Waals surface area contributed by atoms with Gasteiger partial charge in [0.05, 0.1) is 24.1 Å². The van der Waals surface area contributed by atoms with Crippen LogP contribution in [0.2, 0.25) is 0 Å². The van der Waals surface area contributed by atoms with E-state index < -0.39 is 5.69 Å². The molecule has 0 fully saturated rings. The van der Waals surface area contributed by atoms with Crippen LogP contribution >= 0.6 is 22.7 Å². The van der Waals surface area contributed by atoms with Crippen LogP contribution in [0.1, 0.15) is 5.01 Å². The summed E-state index contributed by atoms with van der Waals surface area (Å²) in [6.07, 6.45) is 0. The van der Waals surface area contributed by atoms with Crippen molar-refractivity contribution in [3.05, 3.63) is 51.2 Å². The lowest BCUT2D eigenvalue weighted by Crippen LogP contribution is -2.29. The molecule has 8 nitrogen and oxygen atoms in total. The molecule has 0 saturated heterocycles. The van der Waals surface area contributed by atoms with Crippen LogP contribution in [-0.4, -0.2) is 34.7 Å². The van der Waals surface area contributed by atoms with Gasteiger partial charge in [0.25, 0.3) is 0 Å². The summed E-state index contributed by atoms with van der Waals surface area (Å²) in [7, 11) is 3.06. The Balaban J connectivity index is 1.66. The van der Waals surface area contributed by atoms with E-state index in [1.54, 1.807) is 18.2 Å². The lowest BCUT2D eigenvalue weighted by molar-refractivity contribution is -0.116. The van der Waals surface area contributed by atoms with Crippen LogP contribution in [0.5, 0.6) is 11.5 Å². The van der Waals surface area contributed by atoms with E-state index >= 15 is 0 Å². The lowest BCUT2D eigenvalue weighted by Gasteiger charge is -2.11. The Morgan fingerprint density at radius 2 is 1.97 bits per heavy atom. The number of carbonyl (C=O) groups is 1. The Labute approximate surface area is 179 Å². The predicted molar refractivity (Wildman–Crippen MR) is 118 cm³/mol. The molecule has 1 aromatic carbocycles. The van der Waals surface area contributed by atoms with Crippen LogP contribution in [0.4, 0.5) is 5.69 Å². The van der Waals surface area contributed by atoms with Crippen molar-refractivity contribution in [3.8, 4) is 22.1 Å². The van der Waals surface area contributed by atoms with Gasteiger partial charge in [-0.25, -0.2) is 9.78 Å². The Kier molecular flexibility index (Phi) is 5.51. The molecule has 0 spiro atoms. The summed E-state index contributed by atoms with van der Waals surface area (Å²) in [6, 6.07) is 8.85. The molecule has 1 amide bonds. The van der Waals surface area contributed by atoms with Crippen LogP contribution < -0.4 is 20.5 Å². The monoisotopic (exact) mass is 442 g/mol. The van der Waals surface area contributed by atoms with Crippen molar-refractivity contribution >= 4 is 44.6 Å². The minimum Gasteiger partial charge on any atom is -0.493 e. The molecule has 0 unspecified atom stereocenters. The first-order valence-corrected chi connectivity index (χ1v) is 10.6. The smallest absolute Gasteiger partial charge is 0.349 e. The van der Waals surface area contributed by atoms with Crippen molar-refractivity contribution in [2.75, 3.05) is 19.5 Å². The second-order valence-electron chi connectivity index (χ2n) is 6.31. The number of rotatable bonds is 6. The van der Waals surface area contributed by atoms with Crippen LogP contribution in [0.3, 0.4) is 0 Å². The van der Waals surface area contributed by atoms with Crippen LogP contribution in [0, 0.1) is 6.92 Å². The highest BCUT2D eigenvalue weighted by Crippen LogP contribution is 2.32. The van der Waals surface area contributed by atoms with Gasteiger partial charge in [-0.3, -0.25) is 9.36 Å². The number of amides is 1. The van der Waals surface area contributed by atoms with Gasteiger partial charge >= 0.3 is 5.69 Å². The SMILES string of the molecule is COc1ccc(NC(=O)Cn2c(=O)nc(-c3cccs3)c3nc(C)sc32)cc1OC. The van der Waals surface area contributed by atoms with E-state index in [-0.39, 0.29) is 12.5 Å². The van der Waals surface area contributed by atoms with E-state index in [4.69, 9.17) is 9.47 Å². The molecule has 154 valence electrons. The Hall–Kier alpha value is -3.24. The quantitative estimate of drug-likeness (QED) is 0.491. The highest BCUT2D eigenvalue weighted by atomic mass is 32.1. The number of hydrogen-bond acceptors (Lipinski definition) is 8. The maximum absolute atomic E-state index is 12.7. The largest absolute Gasteiger partial charge is 0.493 e. The van der Waals surface area contributed by atoms with Crippen molar-refractivity contribution in [1.82, 2.24) is 14.5 Å². The molecular formula is C20H18N4O4S2. The third kappa shape index (κ3) is 3.79. The minimum absolute atomic E-state index is 0.178. The second kappa shape index (κ2) is 8.25. The molecule has 0 radical (unpaired) electrons. The molecule has 10 heteroatoms. The molecule has 0 aliphatic rings. The van der Waals surface area contributed by atoms with E-state index in [1.807, 2.05) is 24.4 Å². The summed E-state index contributed by atoms with van der Waals surface area (Å²) in [5.74, 6) is 0.694. The fraction of sp³-hybridized carbons (Fsp3) is 0.200. The second-order valence-corrected chi connectivity index (χ2v) is 8.44. The minimum atomic E-state index is -0.489. The van der Waals surface area contributed by atoms with Gasteiger partial charge in [0, 0.05) is 11.8 Å². The van der Waals surface area contributed by atoms with E-state index in [0.717, 1.165) is 9.88 Å². The van der Waals surface area contributed by atoms with Crippen molar-refractivity contribution in [3.63, 3.8) is 0 Å². The molecule has 3 heterocycles. The number of nitrogens with zero attached hydrogens (tertiary/aromatic N) is 3. The predicted octanol–water partition coefficient (Wildman–Crippen LogP) is 3.55. The molecule has 0 atom stereocenters. The Morgan fingerprint density at radius 1 is 1.17 bits per heavy atom. The van der Waals surface area contributed by atoms with Gasteiger partial charge in [-0.1, -0.05) is 6.07 Å². The maximum Gasteiger partial charge on any atom is 0.349 e. The normalized spacial score (nSPS) is 10.9. The van der Waals surface area contributed by atoms with Gasteiger partial charge in [0.15, 0.2) is 11.5 Å². The summed E-state index contributed by atoms with van der Waals surface area (Å²) < 4.78 is 11.8. The summed E-state index contributed by atoms with van der Waals surface area (Å²) >= 11 is 2.85. The number of anilines is 1. The van der Waals surface area contributed by atoms with E-state index in [1.165, 1.54) is 41.5 Å². The molecule has 0 saturated carbocycles. The molecule has 1 N–H and O–H groups in total. The first-order chi connectivity index (χ1) is 14.5. The number of hydrogen-bond donors (Lipinski definition) is 1. The number of fused-ring (bicyclic) bond motifs is 1. The van der Waals surface area contributed by atoms with E-state index in [9.17, 15) is 9.59 Å². The van der Waals surface area contributed by atoms with Gasteiger partial charge in [-0.2, -0.15) is 4.98 Å². The van der Waals surface area contributed by atoms with Crippen molar-refractivity contribution in [2.45, 2.75) is 13.5 Å². The number of aryl methyl sites for hydroxylation is 1. The van der Waals surface area contributed by atoms with Gasteiger partial charge in [-0.15, -0.1) is 22.7 Å². The van der Waals surface area contributed by atoms with Crippen molar-refractivity contribution in [2.24, 2.45) is 0 Å². The van der Waals surface area contributed by atoms with E-state index in [0.29, 0.717) is 33.2 Å².